The number of benzene rings is 2. The first-order valence-electron chi connectivity index (χ1n) is 8.57. The summed E-state index contributed by atoms with van der Waals surface area (Å²) < 4.78 is 0. The van der Waals surface area contributed by atoms with Gasteiger partial charge in [-0.15, -0.1) is 0 Å². The Hall–Kier alpha value is -2.86. The Morgan fingerprint density at radius 3 is 2.00 bits per heavy atom. The molecule has 0 saturated heterocycles. The quantitative estimate of drug-likeness (QED) is 0.680. The minimum absolute atomic E-state index is 0.170. The molecule has 3 amide bonds. The van der Waals surface area contributed by atoms with Gasteiger partial charge in [-0.25, -0.2) is 0 Å². The Labute approximate surface area is 162 Å². The van der Waals surface area contributed by atoms with E-state index in [-0.39, 0.29) is 17.7 Å². The normalized spacial score (nSPS) is 14.2. The van der Waals surface area contributed by atoms with Crippen LogP contribution in [0.15, 0.2) is 42.5 Å². The summed E-state index contributed by atoms with van der Waals surface area (Å²) in [5.74, 6) is -0.844. The van der Waals surface area contributed by atoms with Gasteiger partial charge in [0.05, 0.1) is 0 Å². The fourth-order valence-electron chi connectivity index (χ4n) is 2.76. The molecule has 140 valence electrons. The van der Waals surface area contributed by atoms with Gasteiger partial charge in [0.1, 0.15) is 5.41 Å². The van der Waals surface area contributed by atoms with Crippen LogP contribution in [0.25, 0.3) is 0 Å². The SMILES string of the molecule is CC(=O)Nc1ccc(NC(=O)C2(C(=O)Nc3cccc(Cl)c3C)CC2)cc1. The Morgan fingerprint density at radius 2 is 1.44 bits per heavy atom. The lowest BCUT2D eigenvalue weighted by atomic mass is 10.0. The van der Waals surface area contributed by atoms with Crippen molar-refractivity contribution in [2.24, 2.45) is 5.41 Å². The average Bonchev–Trinajstić information content (AvgIpc) is 3.42. The molecule has 0 atom stereocenters. The fourth-order valence-corrected chi connectivity index (χ4v) is 2.93. The standard InChI is InChI=1S/C20H20ClN3O3/c1-12-16(21)4-3-5-17(12)24-19(27)20(10-11-20)18(26)23-15-8-6-14(7-9-15)22-13(2)25/h3-9H,10-11H2,1-2H3,(H,22,25)(H,23,26)(H,24,27). The Morgan fingerprint density at radius 1 is 0.889 bits per heavy atom. The van der Waals surface area contributed by atoms with E-state index in [4.69, 9.17) is 11.6 Å². The molecule has 1 aliphatic carbocycles. The Kier molecular flexibility index (Phi) is 5.19. The minimum atomic E-state index is -1.06. The van der Waals surface area contributed by atoms with Crippen molar-refractivity contribution in [3.63, 3.8) is 0 Å². The smallest absolute Gasteiger partial charge is 0.240 e. The lowest BCUT2D eigenvalue weighted by molar-refractivity contribution is -0.131. The monoisotopic (exact) mass is 385 g/mol. The van der Waals surface area contributed by atoms with E-state index in [1.807, 2.05) is 6.92 Å². The van der Waals surface area contributed by atoms with E-state index < -0.39 is 5.41 Å². The van der Waals surface area contributed by atoms with Crippen molar-refractivity contribution in [1.29, 1.82) is 0 Å². The van der Waals surface area contributed by atoms with Crippen molar-refractivity contribution < 1.29 is 14.4 Å². The van der Waals surface area contributed by atoms with E-state index in [1.165, 1.54) is 6.92 Å². The van der Waals surface area contributed by atoms with E-state index in [0.717, 1.165) is 5.56 Å². The van der Waals surface area contributed by atoms with Crippen LogP contribution in [-0.4, -0.2) is 17.7 Å². The summed E-state index contributed by atoms with van der Waals surface area (Å²) in [4.78, 5) is 36.4. The first kappa shape index (κ1) is 18.9. The summed E-state index contributed by atoms with van der Waals surface area (Å²) in [5.41, 5.74) is 1.50. The van der Waals surface area contributed by atoms with Gasteiger partial charge in [-0.05, 0) is 61.7 Å². The molecule has 3 N–H and O–H groups in total. The minimum Gasteiger partial charge on any atom is -0.326 e. The van der Waals surface area contributed by atoms with E-state index in [2.05, 4.69) is 16.0 Å². The summed E-state index contributed by atoms with van der Waals surface area (Å²) in [5, 5.41) is 8.81. The molecule has 0 spiro atoms. The van der Waals surface area contributed by atoms with Crippen LogP contribution in [0, 0.1) is 12.3 Å². The third kappa shape index (κ3) is 4.11. The Balaban J connectivity index is 1.68. The number of rotatable bonds is 5. The number of halogens is 1. The number of amides is 3. The first-order chi connectivity index (χ1) is 12.8. The molecular formula is C20H20ClN3O3. The molecule has 0 aromatic heterocycles. The van der Waals surface area contributed by atoms with Crippen LogP contribution < -0.4 is 16.0 Å². The fraction of sp³-hybridized carbons (Fsp3) is 0.250. The molecule has 7 heteroatoms. The van der Waals surface area contributed by atoms with Gasteiger partial charge in [0.15, 0.2) is 0 Å². The van der Waals surface area contributed by atoms with Crippen LogP contribution in [0.4, 0.5) is 17.1 Å². The zero-order chi connectivity index (χ0) is 19.6. The van der Waals surface area contributed by atoms with Crippen molar-refractivity contribution in [1.82, 2.24) is 0 Å². The highest BCUT2D eigenvalue weighted by Crippen LogP contribution is 2.47. The van der Waals surface area contributed by atoms with Crippen molar-refractivity contribution >= 4 is 46.4 Å². The molecule has 1 fully saturated rings. The lowest BCUT2D eigenvalue weighted by Crippen LogP contribution is -2.35. The second-order valence-corrected chi connectivity index (χ2v) is 7.07. The summed E-state index contributed by atoms with van der Waals surface area (Å²) >= 11 is 6.08. The molecule has 6 nitrogen and oxygen atoms in total. The maximum absolute atomic E-state index is 12.7. The third-order valence-corrected chi connectivity index (χ3v) is 5.01. The van der Waals surface area contributed by atoms with Crippen molar-refractivity contribution in [2.75, 3.05) is 16.0 Å². The predicted octanol–water partition coefficient (Wildman–Crippen LogP) is 3.96. The topological polar surface area (TPSA) is 87.3 Å². The van der Waals surface area contributed by atoms with Gasteiger partial charge >= 0.3 is 0 Å². The number of hydrogen-bond acceptors (Lipinski definition) is 3. The first-order valence-corrected chi connectivity index (χ1v) is 8.95. The second kappa shape index (κ2) is 7.40. The zero-order valence-corrected chi connectivity index (χ0v) is 15.8. The molecule has 0 radical (unpaired) electrons. The molecule has 0 heterocycles. The van der Waals surface area contributed by atoms with Gasteiger partial charge in [-0.1, -0.05) is 17.7 Å². The largest absolute Gasteiger partial charge is 0.326 e. The van der Waals surface area contributed by atoms with Crippen LogP contribution in [0.3, 0.4) is 0 Å². The van der Waals surface area contributed by atoms with E-state index in [9.17, 15) is 14.4 Å². The summed E-state index contributed by atoms with van der Waals surface area (Å²) in [6.07, 6.45) is 0.989. The van der Waals surface area contributed by atoms with Crippen molar-refractivity contribution in [3.05, 3.63) is 53.1 Å². The molecular weight excluding hydrogens is 366 g/mol. The highest BCUT2D eigenvalue weighted by Gasteiger charge is 2.56. The van der Waals surface area contributed by atoms with Crippen molar-refractivity contribution in [2.45, 2.75) is 26.7 Å². The van der Waals surface area contributed by atoms with Gasteiger partial charge < -0.3 is 16.0 Å². The molecule has 0 bridgehead atoms. The highest BCUT2D eigenvalue weighted by molar-refractivity contribution is 6.31. The van der Waals surface area contributed by atoms with Gasteiger partial charge in [-0.3, -0.25) is 14.4 Å². The van der Waals surface area contributed by atoms with Gasteiger partial charge in [0.25, 0.3) is 0 Å². The third-order valence-electron chi connectivity index (χ3n) is 4.60. The number of carbonyl (C=O) groups is 3. The summed E-state index contributed by atoms with van der Waals surface area (Å²) in [6, 6.07) is 12.0. The predicted molar refractivity (Wildman–Crippen MR) is 106 cm³/mol. The van der Waals surface area contributed by atoms with Gasteiger partial charge in [-0.2, -0.15) is 0 Å². The summed E-state index contributed by atoms with van der Waals surface area (Å²) in [7, 11) is 0. The van der Waals surface area contributed by atoms with Crippen LogP contribution >= 0.6 is 11.6 Å². The Bertz CT molecular complexity index is 905. The van der Waals surface area contributed by atoms with Crippen LogP contribution in [0.5, 0.6) is 0 Å². The molecule has 1 aliphatic rings. The number of hydrogen-bond donors (Lipinski definition) is 3. The van der Waals surface area contributed by atoms with E-state index >= 15 is 0 Å². The van der Waals surface area contributed by atoms with Gasteiger partial charge in [0.2, 0.25) is 17.7 Å². The molecule has 2 aromatic carbocycles. The molecule has 27 heavy (non-hydrogen) atoms. The average molecular weight is 386 g/mol. The van der Waals surface area contributed by atoms with Gasteiger partial charge in [0, 0.05) is 29.0 Å². The van der Waals surface area contributed by atoms with Crippen LogP contribution in [-0.2, 0) is 14.4 Å². The molecule has 2 aromatic rings. The molecule has 3 rings (SSSR count). The molecule has 0 aliphatic heterocycles. The number of nitrogens with one attached hydrogen (secondary N) is 3. The number of anilines is 3. The lowest BCUT2D eigenvalue weighted by Gasteiger charge is -2.17. The highest BCUT2D eigenvalue weighted by atomic mass is 35.5. The van der Waals surface area contributed by atoms with E-state index in [0.29, 0.717) is 34.9 Å². The van der Waals surface area contributed by atoms with Crippen LogP contribution in [0.2, 0.25) is 5.02 Å². The maximum atomic E-state index is 12.7. The van der Waals surface area contributed by atoms with E-state index in [1.54, 1.807) is 42.5 Å². The van der Waals surface area contributed by atoms with Crippen molar-refractivity contribution in [3.8, 4) is 0 Å². The van der Waals surface area contributed by atoms with Crippen LogP contribution in [0.1, 0.15) is 25.3 Å². The molecule has 0 unspecified atom stereocenters. The second-order valence-electron chi connectivity index (χ2n) is 6.66. The maximum Gasteiger partial charge on any atom is 0.240 e. The summed E-state index contributed by atoms with van der Waals surface area (Å²) in [6.45, 7) is 3.24. The zero-order valence-electron chi connectivity index (χ0n) is 15.1. The molecule has 1 saturated carbocycles. The number of carbonyl (C=O) groups excluding carboxylic acids is 3.